The van der Waals surface area contributed by atoms with Crippen molar-refractivity contribution in [1.82, 2.24) is 15.2 Å². The minimum absolute atomic E-state index is 0.0392. The van der Waals surface area contributed by atoms with E-state index < -0.39 is 0 Å². The van der Waals surface area contributed by atoms with E-state index in [0.717, 1.165) is 22.9 Å². The highest BCUT2D eigenvalue weighted by atomic mass is 32.1. The van der Waals surface area contributed by atoms with E-state index in [1.807, 2.05) is 41.3 Å². The monoisotopic (exact) mass is 423 g/mol. The zero-order valence-corrected chi connectivity index (χ0v) is 18.3. The minimum Gasteiger partial charge on any atom is -0.396 e. The Hall–Kier alpha value is -2.70. The third kappa shape index (κ3) is 5.46. The zero-order chi connectivity index (χ0) is 21.5. The van der Waals surface area contributed by atoms with Gasteiger partial charge in [-0.2, -0.15) is 0 Å². The molecule has 30 heavy (non-hydrogen) atoms. The quantitative estimate of drug-likeness (QED) is 0.479. The number of thiocarbonyl (C=S) groups is 1. The fourth-order valence-electron chi connectivity index (χ4n) is 3.46. The number of nitrogens with zero attached hydrogens (tertiary/aromatic N) is 1. The Morgan fingerprint density at radius 1 is 1.20 bits per heavy atom. The molecule has 0 bridgehead atoms. The first-order chi connectivity index (χ1) is 14.5. The summed E-state index contributed by atoms with van der Waals surface area (Å²) in [6.07, 6.45) is 1.52. The van der Waals surface area contributed by atoms with Crippen LogP contribution in [0.1, 0.15) is 43.0 Å². The lowest BCUT2D eigenvalue weighted by Gasteiger charge is -2.28. The molecular weight excluding hydrogens is 394 g/mol. The molecule has 2 aromatic carbocycles. The molecule has 0 saturated carbocycles. The second-order valence-electron chi connectivity index (χ2n) is 7.48. The summed E-state index contributed by atoms with van der Waals surface area (Å²) in [6.45, 7) is 5.19. The van der Waals surface area contributed by atoms with Crippen LogP contribution in [0.25, 0.3) is 10.9 Å². The largest absolute Gasteiger partial charge is 0.396 e. The molecule has 5 nitrogen and oxygen atoms in total. The molecule has 0 aliphatic heterocycles. The van der Waals surface area contributed by atoms with E-state index in [1.54, 1.807) is 0 Å². The molecule has 1 atom stereocenters. The lowest BCUT2D eigenvalue weighted by Crippen LogP contribution is -2.42. The number of aromatic amines is 1. The molecule has 3 rings (SSSR count). The van der Waals surface area contributed by atoms with Gasteiger partial charge in [0.05, 0.1) is 12.6 Å². The van der Waals surface area contributed by atoms with Gasteiger partial charge in [0.15, 0.2) is 5.11 Å². The van der Waals surface area contributed by atoms with Gasteiger partial charge >= 0.3 is 0 Å². The maximum absolute atomic E-state index is 12.7. The van der Waals surface area contributed by atoms with E-state index in [0.29, 0.717) is 30.2 Å². The van der Waals surface area contributed by atoms with Crippen LogP contribution >= 0.6 is 12.2 Å². The Balaban J connectivity index is 1.82. The highest BCUT2D eigenvalue weighted by molar-refractivity contribution is 7.80. The number of fused-ring (bicyclic) bond motifs is 1. The molecule has 1 aromatic heterocycles. The van der Waals surface area contributed by atoms with Crippen LogP contribution in [0.15, 0.2) is 59.4 Å². The molecule has 0 unspecified atom stereocenters. The van der Waals surface area contributed by atoms with E-state index in [4.69, 9.17) is 12.2 Å². The fourth-order valence-corrected chi connectivity index (χ4v) is 3.79. The summed E-state index contributed by atoms with van der Waals surface area (Å²) in [4.78, 5) is 17.6. The fraction of sp³-hybridized carbons (Fsp3) is 0.333. The Bertz CT molecular complexity index is 1050. The maximum atomic E-state index is 12.7. The van der Waals surface area contributed by atoms with Crippen LogP contribution < -0.4 is 10.9 Å². The summed E-state index contributed by atoms with van der Waals surface area (Å²) in [5.41, 5.74) is 3.75. The topological polar surface area (TPSA) is 68.4 Å². The minimum atomic E-state index is -0.111. The van der Waals surface area contributed by atoms with Gasteiger partial charge in [-0.3, -0.25) is 4.79 Å². The smallest absolute Gasteiger partial charge is 0.253 e. The summed E-state index contributed by atoms with van der Waals surface area (Å²) < 4.78 is 0. The molecule has 6 heteroatoms. The van der Waals surface area contributed by atoms with Crippen LogP contribution in [-0.2, 0) is 13.0 Å². The van der Waals surface area contributed by atoms with Crippen molar-refractivity contribution >= 4 is 28.2 Å². The van der Waals surface area contributed by atoms with Crippen LogP contribution in [0.3, 0.4) is 0 Å². The standard InChI is InChI=1S/C24H29N3O2S/c1-3-18-10-11-22-20(14-18)15-21(23(29)26-22)16-27(12-7-13-28)24(30)25-17(2)19-8-5-4-6-9-19/h4-6,8-11,14-15,17,28H,3,7,12-13,16H2,1-2H3,(H,25,30)(H,26,29)/t17-/m1/s1. The summed E-state index contributed by atoms with van der Waals surface area (Å²) >= 11 is 5.66. The van der Waals surface area contributed by atoms with Gasteiger partial charge in [-0.15, -0.1) is 0 Å². The average Bonchev–Trinajstić information content (AvgIpc) is 2.77. The highest BCUT2D eigenvalue weighted by Gasteiger charge is 2.15. The normalized spacial score (nSPS) is 12.0. The van der Waals surface area contributed by atoms with Crippen molar-refractivity contribution in [3.05, 3.63) is 81.6 Å². The number of aliphatic hydroxyl groups is 1. The second-order valence-corrected chi connectivity index (χ2v) is 7.87. The van der Waals surface area contributed by atoms with Crippen molar-refractivity contribution < 1.29 is 5.11 Å². The van der Waals surface area contributed by atoms with Crippen LogP contribution in [0.4, 0.5) is 0 Å². The number of rotatable bonds is 8. The molecule has 0 aliphatic rings. The van der Waals surface area contributed by atoms with E-state index >= 15 is 0 Å². The summed E-state index contributed by atoms with van der Waals surface area (Å²) in [5.74, 6) is 0. The Kier molecular flexibility index (Phi) is 7.60. The van der Waals surface area contributed by atoms with Gasteiger partial charge in [0.1, 0.15) is 0 Å². The number of pyridine rings is 1. The van der Waals surface area contributed by atoms with Crippen LogP contribution in [-0.4, -0.2) is 33.3 Å². The molecule has 0 radical (unpaired) electrons. The molecule has 1 heterocycles. The Labute approximate surface area is 182 Å². The first-order valence-electron chi connectivity index (χ1n) is 10.4. The predicted octanol–water partition coefficient (Wildman–Crippen LogP) is 3.91. The molecule has 158 valence electrons. The molecule has 3 N–H and O–H groups in total. The lowest BCUT2D eigenvalue weighted by molar-refractivity contribution is 0.263. The van der Waals surface area contributed by atoms with Crippen molar-refractivity contribution in [2.75, 3.05) is 13.2 Å². The van der Waals surface area contributed by atoms with Gasteiger partial charge < -0.3 is 20.3 Å². The number of H-pyrrole nitrogens is 1. The maximum Gasteiger partial charge on any atom is 0.253 e. The van der Waals surface area contributed by atoms with Crippen molar-refractivity contribution in [2.24, 2.45) is 0 Å². The molecule has 0 amide bonds. The molecule has 3 aromatic rings. The van der Waals surface area contributed by atoms with E-state index in [1.165, 1.54) is 5.56 Å². The molecule has 0 spiro atoms. The number of aliphatic hydroxyl groups excluding tert-OH is 1. The molecule has 0 fully saturated rings. The second kappa shape index (κ2) is 10.4. The molecule has 0 aliphatic carbocycles. The summed E-state index contributed by atoms with van der Waals surface area (Å²) in [6, 6.07) is 18.2. The summed E-state index contributed by atoms with van der Waals surface area (Å²) in [5, 5.41) is 14.3. The van der Waals surface area contributed by atoms with Crippen LogP contribution in [0.2, 0.25) is 0 Å². The van der Waals surface area contributed by atoms with Crippen LogP contribution in [0.5, 0.6) is 0 Å². The number of nitrogens with one attached hydrogen (secondary N) is 2. The van der Waals surface area contributed by atoms with E-state index in [-0.39, 0.29) is 18.2 Å². The van der Waals surface area contributed by atoms with Gasteiger partial charge in [0, 0.05) is 24.2 Å². The highest BCUT2D eigenvalue weighted by Crippen LogP contribution is 2.16. The number of hydrogen-bond acceptors (Lipinski definition) is 3. The van der Waals surface area contributed by atoms with E-state index in [9.17, 15) is 9.90 Å². The van der Waals surface area contributed by atoms with Crippen molar-refractivity contribution in [2.45, 2.75) is 39.3 Å². The number of benzene rings is 2. The lowest BCUT2D eigenvalue weighted by atomic mass is 10.1. The average molecular weight is 424 g/mol. The van der Waals surface area contributed by atoms with Gasteiger partial charge in [0.25, 0.3) is 5.56 Å². The van der Waals surface area contributed by atoms with Crippen molar-refractivity contribution in [3.8, 4) is 0 Å². The Morgan fingerprint density at radius 3 is 2.67 bits per heavy atom. The molecule has 0 saturated heterocycles. The number of hydrogen-bond donors (Lipinski definition) is 3. The summed E-state index contributed by atoms with van der Waals surface area (Å²) in [7, 11) is 0. The number of aryl methyl sites for hydroxylation is 1. The Morgan fingerprint density at radius 2 is 1.97 bits per heavy atom. The first kappa shape index (κ1) is 22.0. The third-order valence-electron chi connectivity index (χ3n) is 5.27. The van der Waals surface area contributed by atoms with Gasteiger partial charge in [0.2, 0.25) is 0 Å². The van der Waals surface area contributed by atoms with Gasteiger partial charge in [-0.05, 0) is 66.7 Å². The third-order valence-corrected chi connectivity index (χ3v) is 5.64. The molecular formula is C24H29N3O2S. The van der Waals surface area contributed by atoms with Crippen molar-refractivity contribution in [3.63, 3.8) is 0 Å². The predicted molar refractivity (Wildman–Crippen MR) is 127 cm³/mol. The van der Waals surface area contributed by atoms with E-state index in [2.05, 4.69) is 42.3 Å². The van der Waals surface area contributed by atoms with Crippen LogP contribution in [0, 0.1) is 0 Å². The van der Waals surface area contributed by atoms with Gasteiger partial charge in [-0.25, -0.2) is 0 Å². The number of aromatic nitrogens is 1. The van der Waals surface area contributed by atoms with Gasteiger partial charge in [-0.1, -0.05) is 43.3 Å². The SMILES string of the molecule is CCc1ccc2[nH]c(=O)c(CN(CCCO)C(=S)N[C@H](C)c3ccccc3)cc2c1. The first-order valence-corrected chi connectivity index (χ1v) is 10.8. The zero-order valence-electron chi connectivity index (χ0n) is 17.5. The van der Waals surface area contributed by atoms with Crippen molar-refractivity contribution in [1.29, 1.82) is 0 Å².